The predicted octanol–water partition coefficient (Wildman–Crippen LogP) is 5.39. The summed E-state index contributed by atoms with van der Waals surface area (Å²) in [5.74, 6) is 0.190. The molecule has 1 atom stereocenters. The molecule has 24 heavy (non-hydrogen) atoms. The van der Waals surface area contributed by atoms with Crippen LogP contribution in [0.2, 0.25) is 10.0 Å². The molecule has 2 nitrogen and oxygen atoms in total. The van der Waals surface area contributed by atoms with Crippen molar-refractivity contribution in [3.63, 3.8) is 0 Å². The molecule has 126 valence electrons. The second-order valence-electron chi connectivity index (χ2n) is 6.09. The summed E-state index contributed by atoms with van der Waals surface area (Å²) in [5, 5.41) is 1.28. The monoisotopic (exact) mass is 425 g/mol. The number of hydrogen-bond acceptors (Lipinski definition) is 1. The Bertz CT molecular complexity index is 712. The summed E-state index contributed by atoms with van der Waals surface area (Å²) in [6, 6.07) is 13.7. The van der Waals surface area contributed by atoms with E-state index in [1.54, 1.807) is 0 Å². The zero-order valence-corrected chi connectivity index (χ0v) is 16.2. The maximum atomic E-state index is 12.6. The summed E-state index contributed by atoms with van der Waals surface area (Å²) in [7, 11) is 0. The van der Waals surface area contributed by atoms with Crippen LogP contribution in [0.3, 0.4) is 0 Å². The molecule has 0 aliphatic carbocycles. The van der Waals surface area contributed by atoms with Gasteiger partial charge in [0.1, 0.15) is 0 Å². The van der Waals surface area contributed by atoms with Crippen molar-refractivity contribution in [1.29, 1.82) is 0 Å². The van der Waals surface area contributed by atoms with Gasteiger partial charge in [-0.05, 0) is 54.7 Å². The van der Waals surface area contributed by atoms with Crippen LogP contribution in [0.4, 0.5) is 0 Å². The number of benzene rings is 2. The average molecular weight is 427 g/mol. The molecule has 1 aliphatic rings. The third kappa shape index (κ3) is 4.14. The third-order valence-electron chi connectivity index (χ3n) is 4.50. The van der Waals surface area contributed by atoms with Crippen molar-refractivity contribution in [2.75, 3.05) is 13.1 Å². The highest BCUT2D eigenvalue weighted by molar-refractivity contribution is 9.10. The number of carbonyl (C=O) groups is 1. The largest absolute Gasteiger partial charge is 0.342 e. The molecular weight excluding hydrogens is 409 g/mol. The van der Waals surface area contributed by atoms with Gasteiger partial charge in [0.15, 0.2) is 0 Å². The van der Waals surface area contributed by atoms with Crippen LogP contribution in [0.1, 0.15) is 17.5 Å². The van der Waals surface area contributed by atoms with Crippen LogP contribution in [0.15, 0.2) is 46.9 Å². The second-order valence-corrected chi connectivity index (χ2v) is 7.82. The van der Waals surface area contributed by atoms with Gasteiger partial charge in [0.25, 0.3) is 0 Å². The van der Waals surface area contributed by atoms with Crippen LogP contribution in [-0.4, -0.2) is 23.9 Å². The van der Waals surface area contributed by atoms with Gasteiger partial charge in [-0.3, -0.25) is 4.79 Å². The van der Waals surface area contributed by atoms with Crippen LogP contribution in [0.25, 0.3) is 0 Å². The molecule has 0 bridgehead atoms. The number of hydrogen-bond donors (Lipinski definition) is 0. The number of rotatable bonds is 5. The SMILES string of the molecule is O=C1C(Cc2c(Cl)cccc2Cl)CCN1CCc1ccc(Br)cc1. The molecule has 2 aromatic carbocycles. The van der Waals surface area contributed by atoms with E-state index in [1.165, 1.54) is 5.56 Å². The Morgan fingerprint density at radius 3 is 2.42 bits per heavy atom. The Labute approximate surface area is 160 Å². The highest BCUT2D eigenvalue weighted by Gasteiger charge is 2.32. The van der Waals surface area contributed by atoms with Crippen molar-refractivity contribution < 1.29 is 4.79 Å². The van der Waals surface area contributed by atoms with E-state index in [9.17, 15) is 4.79 Å². The van der Waals surface area contributed by atoms with Crippen molar-refractivity contribution in [1.82, 2.24) is 4.90 Å². The summed E-state index contributed by atoms with van der Waals surface area (Å²) in [6.07, 6.45) is 2.35. The molecule has 3 rings (SSSR count). The zero-order valence-electron chi connectivity index (χ0n) is 13.1. The van der Waals surface area contributed by atoms with Gasteiger partial charge in [-0.15, -0.1) is 0 Å². The van der Waals surface area contributed by atoms with Crippen LogP contribution in [0, 0.1) is 5.92 Å². The smallest absolute Gasteiger partial charge is 0.226 e. The number of likely N-dealkylation sites (tertiary alicyclic amines) is 1. The lowest BCUT2D eigenvalue weighted by Crippen LogP contribution is -2.30. The Morgan fingerprint density at radius 2 is 1.75 bits per heavy atom. The summed E-state index contributed by atoms with van der Waals surface area (Å²) in [4.78, 5) is 14.6. The Morgan fingerprint density at radius 1 is 1.08 bits per heavy atom. The normalized spacial score (nSPS) is 17.5. The fraction of sp³-hybridized carbons (Fsp3) is 0.316. The van der Waals surface area contributed by atoms with E-state index < -0.39 is 0 Å². The molecule has 0 aromatic heterocycles. The highest BCUT2D eigenvalue weighted by Crippen LogP contribution is 2.30. The minimum atomic E-state index is -0.0210. The van der Waals surface area contributed by atoms with Gasteiger partial charge < -0.3 is 4.90 Å². The molecular formula is C19H18BrCl2NO. The number of amides is 1. The van der Waals surface area contributed by atoms with E-state index in [0.29, 0.717) is 16.5 Å². The molecule has 1 amide bonds. The van der Waals surface area contributed by atoms with Gasteiger partial charge in [-0.1, -0.05) is 57.3 Å². The minimum absolute atomic E-state index is 0.0210. The molecule has 2 aromatic rings. The topological polar surface area (TPSA) is 20.3 Å². The van der Waals surface area contributed by atoms with Gasteiger partial charge >= 0.3 is 0 Å². The van der Waals surface area contributed by atoms with Crippen LogP contribution in [-0.2, 0) is 17.6 Å². The van der Waals surface area contributed by atoms with Gasteiger partial charge in [0.2, 0.25) is 5.91 Å². The lowest BCUT2D eigenvalue weighted by molar-refractivity contribution is -0.130. The van der Waals surface area contributed by atoms with E-state index in [-0.39, 0.29) is 11.8 Å². The fourth-order valence-corrected chi connectivity index (χ4v) is 3.92. The first-order valence-corrected chi connectivity index (χ1v) is 9.55. The Balaban J connectivity index is 1.59. The third-order valence-corrected chi connectivity index (χ3v) is 5.74. The molecule has 1 unspecified atom stereocenters. The van der Waals surface area contributed by atoms with E-state index in [4.69, 9.17) is 23.2 Å². The molecule has 1 heterocycles. The first kappa shape index (κ1) is 17.8. The predicted molar refractivity (Wildman–Crippen MR) is 103 cm³/mol. The zero-order chi connectivity index (χ0) is 17.1. The maximum absolute atomic E-state index is 12.6. The molecule has 0 spiro atoms. The molecule has 5 heteroatoms. The lowest BCUT2D eigenvalue weighted by Gasteiger charge is -2.17. The van der Waals surface area contributed by atoms with Gasteiger partial charge in [0, 0.05) is 33.5 Å². The number of carbonyl (C=O) groups excluding carboxylic acids is 1. The Hall–Kier alpha value is -1.03. The summed E-state index contributed by atoms with van der Waals surface area (Å²) in [5.41, 5.74) is 2.12. The first-order valence-electron chi connectivity index (χ1n) is 8.00. The molecule has 0 saturated carbocycles. The summed E-state index contributed by atoms with van der Waals surface area (Å²) >= 11 is 15.9. The van der Waals surface area contributed by atoms with Crippen molar-refractivity contribution in [3.05, 3.63) is 68.1 Å². The van der Waals surface area contributed by atoms with Crippen LogP contribution >= 0.6 is 39.1 Å². The second kappa shape index (κ2) is 7.90. The molecule has 1 fully saturated rings. The quantitative estimate of drug-likeness (QED) is 0.627. The van der Waals surface area contributed by atoms with Gasteiger partial charge in [0.05, 0.1) is 0 Å². The maximum Gasteiger partial charge on any atom is 0.226 e. The van der Waals surface area contributed by atoms with E-state index in [0.717, 1.165) is 36.0 Å². The summed E-state index contributed by atoms with van der Waals surface area (Å²) < 4.78 is 1.07. The fourth-order valence-electron chi connectivity index (χ4n) is 3.10. The van der Waals surface area contributed by atoms with Crippen LogP contribution < -0.4 is 0 Å². The van der Waals surface area contributed by atoms with Gasteiger partial charge in [-0.25, -0.2) is 0 Å². The highest BCUT2D eigenvalue weighted by atomic mass is 79.9. The van der Waals surface area contributed by atoms with Crippen molar-refractivity contribution in [2.24, 2.45) is 5.92 Å². The standard InChI is InChI=1S/C19H18BrCl2NO/c20-15-6-4-13(5-7-15)8-10-23-11-9-14(19(23)24)12-16-17(21)2-1-3-18(16)22/h1-7,14H,8-12H2. The van der Waals surface area contributed by atoms with E-state index in [1.807, 2.05) is 35.2 Å². The average Bonchev–Trinajstić information content (AvgIpc) is 2.91. The lowest BCUT2D eigenvalue weighted by atomic mass is 9.98. The summed E-state index contributed by atoms with van der Waals surface area (Å²) in [6.45, 7) is 1.56. The molecule has 0 radical (unpaired) electrons. The van der Waals surface area contributed by atoms with Crippen LogP contribution in [0.5, 0.6) is 0 Å². The van der Waals surface area contributed by atoms with Crippen molar-refractivity contribution in [2.45, 2.75) is 19.3 Å². The van der Waals surface area contributed by atoms with Crippen molar-refractivity contribution in [3.8, 4) is 0 Å². The molecule has 1 aliphatic heterocycles. The Kier molecular flexibility index (Phi) is 5.85. The minimum Gasteiger partial charge on any atom is -0.342 e. The number of halogens is 3. The number of nitrogens with zero attached hydrogens (tertiary/aromatic N) is 1. The van der Waals surface area contributed by atoms with Gasteiger partial charge in [-0.2, -0.15) is 0 Å². The first-order chi connectivity index (χ1) is 11.5. The molecule has 1 saturated heterocycles. The van der Waals surface area contributed by atoms with E-state index in [2.05, 4.69) is 28.1 Å². The van der Waals surface area contributed by atoms with E-state index >= 15 is 0 Å². The molecule has 0 N–H and O–H groups in total. The van der Waals surface area contributed by atoms with Crippen molar-refractivity contribution >= 4 is 45.0 Å².